The molecule has 0 unspecified atom stereocenters. The first kappa shape index (κ1) is 29.6. The lowest BCUT2D eigenvalue weighted by Crippen LogP contribution is -2.04. The molecule has 3 aromatic carbocycles. The lowest BCUT2D eigenvalue weighted by Gasteiger charge is -2.06. The molecular weight excluding hydrogens is 518 g/mol. The Kier molecular flexibility index (Phi) is 11.4. The van der Waals surface area contributed by atoms with Crippen molar-refractivity contribution >= 4 is 26.8 Å². The third-order valence-corrected chi connectivity index (χ3v) is 8.91. The molecule has 0 aliphatic heterocycles. The van der Waals surface area contributed by atoms with Crippen molar-refractivity contribution in [2.45, 2.75) is 74.3 Å². The normalized spacial score (nSPS) is 11.9. The molecule has 4 aromatic rings. The Morgan fingerprint density at radius 1 is 0.750 bits per heavy atom. The first-order valence-electron chi connectivity index (χ1n) is 14.4. The first-order valence-corrected chi connectivity index (χ1v) is 15.9. The number of para-hydroxylation sites is 1. The number of benzene rings is 3. The average molecular weight is 560 g/mol. The number of fused-ring (bicyclic) bond motifs is 1. The number of hydrogen-bond donors (Lipinski definition) is 1. The fraction of sp³-hybridized carbons (Fsp3) is 0.353. The maximum Gasteiger partial charge on any atom is 0.222 e. The average Bonchev–Trinajstić information content (AvgIpc) is 3.37. The van der Waals surface area contributed by atoms with Gasteiger partial charge < -0.3 is 14.5 Å². The van der Waals surface area contributed by atoms with E-state index in [9.17, 15) is 8.42 Å². The summed E-state index contributed by atoms with van der Waals surface area (Å²) in [5, 5.41) is 1.15. The predicted molar refractivity (Wildman–Crippen MR) is 163 cm³/mol. The van der Waals surface area contributed by atoms with Gasteiger partial charge in [-0.05, 0) is 55.2 Å². The number of hydrogen-bond acceptors (Lipinski definition) is 4. The molecule has 40 heavy (non-hydrogen) atoms. The number of nitrogens with one attached hydrogen (secondary N) is 1. The minimum atomic E-state index is -3.71. The summed E-state index contributed by atoms with van der Waals surface area (Å²) >= 11 is 0. The molecule has 0 atom stereocenters. The van der Waals surface area contributed by atoms with Gasteiger partial charge in [-0.15, -0.1) is 0 Å². The molecule has 0 saturated carbocycles. The summed E-state index contributed by atoms with van der Waals surface area (Å²) in [6, 6.07) is 24.6. The Hall–Kier alpha value is -3.35. The number of sulfone groups is 1. The highest BCUT2D eigenvalue weighted by atomic mass is 32.2. The van der Waals surface area contributed by atoms with Crippen molar-refractivity contribution in [2.75, 3.05) is 13.7 Å². The number of methoxy groups -OCH3 is 1. The third-order valence-electron chi connectivity index (χ3n) is 7.15. The van der Waals surface area contributed by atoms with Crippen LogP contribution in [-0.4, -0.2) is 27.1 Å². The molecule has 4 rings (SSSR count). The van der Waals surface area contributed by atoms with Crippen LogP contribution in [0.15, 0.2) is 94.9 Å². The van der Waals surface area contributed by atoms with Crippen molar-refractivity contribution in [2.24, 2.45) is 0 Å². The molecule has 0 radical (unpaired) electrons. The van der Waals surface area contributed by atoms with Crippen LogP contribution in [-0.2, 0) is 21.2 Å². The van der Waals surface area contributed by atoms with Crippen LogP contribution in [0, 0.1) is 0 Å². The summed E-state index contributed by atoms with van der Waals surface area (Å²) in [6.07, 6.45) is 14.7. The van der Waals surface area contributed by atoms with Gasteiger partial charge in [-0.25, -0.2) is 8.42 Å². The molecule has 0 aliphatic carbocycles. The molecule has 0 saturated heterocycles. The van der Waals surface area contributed by atoms with Gasteiger partial charge >= 0.3 is 0 Å². The minimum absolute atomic E-state index is 0.237. The second-order valence-corrected chi connectivity index (χ2v) is 12.0. The number of aromatic nitrogens is 1. The van der Waals surface area contributed by atoms with Gasteiger partial charge in [0.15, 0.2) is 0 Å². The van der Waals surface area contributed by atoms with Gasteiger partial charge in [-0.1, -0.05) is 99.2 Å². The molecule has 0 amide bonds. The zero-order valence-electron chi connectivity index (χ0n) is 23.5. The van der Waals surface area contributed by atoms with Crippen LogP contribution >= 0.6 is 0 Å². The Labute approximate surface area is 239 Å². The summed E-state index contributed by atoms with van der Waals surface area (Å²) in [5.74, 6) is 0.625. The Morgan fingerprint density at radius 2 is 1.40 bits per heavy atom. The van der Waals surface area contributed by atoms with Crippen molar-refractivity contribution in [3.05, 3.63) is 96.1 Å². The van der Waals surface area contributed by atoms with E-state index in [1.807, 2.05) is 48.5 Å². The Morgan fingerprint density at radius 3 is 2.12 bits per heavy atom. The van der Waals surface area contributed by atoms with Crippen LogP contribution in [0.5, 0.6) is 5.75 Å². The topological polar surface area (TPSA) is 68.4 Å². The van der Waals surface area contributed by atoms with E-state index >= 15 is 0 Å². The number of rotatable bonds is 17. The molecule has 212 valence electrons. The molecule has 0 bridgehead atoms. The molecule has 6 heteroatoms. The fourth-order valence-electron chi connectivity index (χ4n) is 4.88. The highest BCUT2D eigenvalue weighted by Crippen LogP contribution is 2.32. The quantitative estimate of drug-likeness (QED) is 0.131. The SMILES string of the molecule is COc1ccc(S(=O)(=O)c2[nH]c3ccccc3c2C=CCCCCCCCCCCOCc2ccccc2)cc1. The van der Waals surface area contributed by atoms with Crippen LogP contribution in [0.4, 0.5) is 0 Å². The standard InChI is InChI=1S/C34H41NO4S/c1-38-29-22-24-30(25-23-29)40(36,37)34-32(31-19-14-15-21-33(31)35-34)20-13-8-6-4-2-3-5-7-9-16-26-39-27-28-17-11-10-12-18-28/h10-15,17-25,35H,2-9,16,26-27H2,1H3. The molecule has 0 aliphatic rings. The largest absolute Gasteiger partial charge is 0.497 e. The van der Waals surface area contributed by atoms with Gasteiger partial charge in [-0.3, -0.25) is 0 Å². The van der Waals surface area contributed by atoms with Crippen molar-refractivity contribution < 1.29 is 17.9 Å². The summed E-state index contributed by atoms with van der Waals surface area (Å²) < 4.78 is 38.0. The lowest BCUT2D eigenvalue weighted by atomic mass is 10.1. The maximum atomic E-state index is 13.5. The molecule has 1 N–H and O–H groups in total. The number of aromatic amines is 1. The van der Waals surface area contributed by atoms with Crippen molar-refractivity contribution in [1.29, 1.82) is 0 Å². The molecule has 1 aromatic heterocycles. The van der Waals surface area contributed by atoms with Gasteiger partial charge in [-0.2, -0.15) is 0 Å². The molecule has 5 nitrogen and oxygen atoms in total. The van der Waals surface area contributed by atoms with Crippen LogP contribution in [0.2, 0.25) is 0 Å². The zero-order valence-corrected chi connectivity index (χ0v) is 24.3. The maximum absolute atomic E-state index is 13.5. The van der Waals surface area contributed by atoms with E-state index in [1.165, 1.54) is 44.1 Å². The van der Waals surface area contributed by atoms with Crippen molar-refractivity contribution in [3.8, 4) is 5.75 Å². The van der Waals surface area contributed by atoms with E-state index in [4.69, 9.17) is 9.47 Å². The van der Waals surface area contributed by atoms with E-state index in [0.29, 0.717) is 12.4 Å². The molecular formula is C34H41NO4S. The van der Waals surface area contributed by atoms with Crippen LogP contribution in [0.1, 0.15) is 68.9 Å². The van der Waals surface area contributed by atoms with E-state index in [1.54, 1.807) is 31.4 Å². The van der Waals surface area contributed by atoms with Gasteiger partial charge in [0.1, 0.15) is 10.8 Å². The Balaban J connectivity index is 1.18. The van der Waals surface area contributed by atoms with Crippen LogP contribution in [0.3, 0.4) is 0 Å². The number of ether oxygens (including phenoxy) is 2. The smallest absolute Gasteiger partial charge is 0.222 e. The first-order chi connectivity index (χ1) is 19.6. The summed E-state index contributed by atoms with van der Waals surface area (Å²) in [7, 11) is -2.14. The molecule has 0 spiro atoms. The van der Waals surface area contributed by atoms with E-state index in [2.05, 4.69) is 23.2 Å². The third kappa shape index (κ3) is 8.33. The van der Waals surface area contributed by atoms with Crippen molar-refractivity contribution in [3.63, 3.8) is 0 Å². The predicted octanol–water partition coefficient (Wildman–Crippen LogP) is 8.75. The van der Waals surface area contributed by atoms with Gasteiger partial charge in [0.05, 0.1) is 18.6 Å². The monoisotopic (exact) mass is 559 g/mol. The second-order valence-electron chi connectivity index (χ2n) is 10.2. The van der Waals surface area contributed by atoms with Crippen LogP contribution < -0.4 is 4.74 Å². The van der Waals surface area contributed by atoms with Crippen molar-refractivity contribution in [1.82, 2.24) is 4.98 Å². The van der Waals surface area contributed by atoms with Gasteiger partial charge in [0.25, 0.3) is 0 Å². The summed E-state index contributed by atoms with van der Waals surface area (Å²) in [5.41, 5.74) is 2.77. The Bertz CT molecular complexity index is 1440. The number of allylic oxidation sites excluding steroid dienone is 1. The molecule has 1 heterocycles. The van der Waals surface area contributed by atoms with Gasteiger partial charge in [0.2, 0.25) is 9.84 Å². The molecule has 0 fully saturated rings. The summed E-state index contributed by atoms with van der Waals surface area (Å²) in [6.45, 7) is 1.54. The number of unbranched alkanes of at least 4 members (excludes halogenated alkanes) is 8. The van der Waals surface area contributed by atoms with Gasteiger partial charge in [0, 0.05) is 23.1 Å². The highest BCUT2D eigenvalue weighted by Gasteiger charge is 2.24. The lowest BCUT2D eigenvalue weighted by molar-refractivity contribution is 0.116. The summed E-state index contributed by atoms with van der Waals surface area (Å²) in [4.78, 5) is 3.40. The number of H-pyrrole nitrogens is 1. The van der Waals surface area contributed by atoms with E-state index < -0.39 is 9.84 Å². The second kappa shape index (κ2) is 15.4. The van der Waals surface area contributed by atoms with E-state index in [-0.39, 0.29) is 9.92 Å². The van der Waals surface area contributed by atoms with E-state index in [0.717, 1.165) is 42.3 Å². The fourth-order valence-corrected chi connectivity index (χ4v) is 6.32. The van der Waals surface area contributed by atoms with Crippen LogP contribution in [0.25, 0.3) is 17.0 Å². The highest BCUT2D eigenvalue weighted by molar-refractivity contribution is 7.91. The zero-order chi connectivity index (χ0) is 28.0. The minimum Gasteiger partial charge on any atom is -0.497 e.